The summed E-state index contributed by atoms with van der Waals surface area (Å²) < 4.78 is 12.9. The van der Waals surface area contributed by atoms with Gasteiger partial charge in [0.05, 0.1) is 11.9 Å². The minimum Gasteiger partial charge on any atom is -0.481 e. The van der Waals surface area contributed by atoms with Gasteiger partial charge in [0, 0.05) is 29.1 Å². The molecule has 0 saturated heterocycles. The zero-order valence-corrected chi connectivity index (χ0v) is 8.66. The van der Waals surface area contributed by atoms with Crippen LogP contribution in [0.4, 0.5) is 0 Å². The third kappa shape index (κ3) is 3.29. The van der Waals surface area contributed by atoms with Crippen LogP contribution in [0.1, 0.15) is 12.5 Å². The Hall–Kier alpha value is -1.17. The molecule has 0 saturated carbocycles. The highest BCUT2D eigenvalue weighted by Crippen LogP contribution is 2.02. The molecule has 5 nitrogen and oxygen atoms in total. The third-order valence-corrected chi connectivity index (χ3v) is 2.85. The van der Waals surface area contributed by atoms with Crippen molar-refractivity contribution < 1.29 is 14.1 Å². The fourth-order valence-electron chi connectivity index (χ4n) is 1.03. The van der Waals surface area contributed by atoms with Gasteiger partial charge in [0.15, 0.2) is 0 Å². The summed E-state index contributed by atoms with van der Waals surface area (Å²) in [6.07, 6.45) is 3.39. The third-order valence-electron chi connectivity index (χ3n) is 1.62. The molecule has 0 aliphatic heterocycles. The Morgan fingerprint density at radius 1 is 1.71 bits per heavy atom. The highest BCUT2D eigenvalue weighted by Gasteiger charge is 2.07. The number of hydrogen-bond acceptors (Lipinski definition) is 3. The lowest BCUT2D eigenvalue weighted by Crippen LogP contribution is -2.10. The van der Waals surface area contributed by atoms with E-state index in [1.165, 1.54) is 0 Å². The van der Waals surface area contributed by atoms with Gasteiger partial charge in [-0.2, -0.15) is 5.10 Å². The van der Waals surface area contributed by atoms with E-state index in [2.05, 4.69) is 5.10 Å². The Morgan fingerprint density at radius 3 is 2.93 bits per heavy atom. The molecule has 78 valence electrons. The van der Waals surface area contributed by atoms with E-state index < -0.39 is 16.8 Å². The summed E-state index contributed by atoms with van der Waals surface area (Å²) in [5.41, 5.74) is 0.812. The molecule has 1 unspecified atom stereocenters. The van der Waals surface area contributed by atoms with Crippen molar-refractivity contribution >= 4 is 16.8 Å². The maximum Gasteiger partial charge on any atom is 0.316 e. The van der Waals surface area contributed by atoms with Crippen LogP contribution in [-0.4, -0.2) is 30.8 Å². The first-order valence-corrected chi connectivity index (χ1v) is 5.68. The van der Waals surface area contributed by atoms with E-state index in [0.29, 0.717) is 0 Å². The van der Waals surface area contributed by atoms with E-state index in [1.807, 2.05) is 6.92 Å². The number of rotatable bonds is 5. The molecule has 1 N–H and O–H groups in total. The van der Waals surface area contributed by atoms with Crippen LogP contribution in [0.5, 0.6) is 0 Å². The lowest BCUT2D eigenvalue weighted by Gasteiger charge is -1.95. The summed E-state index contributed by atoms with van der Waals surface area (Å²) >= 11 is 0. The van der Waals surface area contributed by atoms with Crippen LogP contribution in [0.25, 0.3) is 0 Å². The van der Waals surface area contributed by atoms with Crippen LogP contribution in [0, 0.1) is 0 Å². The van der Waals surface area contributed by atoms with Gasteiger partial charge in [-0.1, -0.05) is 0 Å². The van der Waals surface area contributed by atoms with Crippen LogP contribution in [0.2, 0.25) is 0 Å². The molecule has 0 aromatic carbocycles. The molecule has 1 atom stereocenters. The maximum atomic E-state index is 11.2. The van der Waals surface area contributed by atoms with E-state index in [0.717, 1.165) is 12.1 Å². The monoisotopic (exact) mass is 216 g/mol. The van der Waals surface area contributed by atoms with Gasteiger partial charge in [0.25, 0.3) is 0 Å². The second-order valence-electron chi connectivity index (χ2n) is 2.83. The van der Waals surface area contributed by atoms with Gasteiger partial charge < -0.3 is 5.11 Å². The normalized spacial score (nSPS) is 12.6. The van der Waals surface area contributed by atoms with Crippen LogP contribution < -0.4 is 0 Å². The molecule has 0 aliphatic carbocycles. The number of aryl methyl sites for hydroxylation is 1. The van der Waals surface area contributed by atoms with Crippen LogP contribution in [0.15, 0.2) is 12.4 Å². The molecule has 1 rings (SSSR count). The number of aliphatic carboxylic acids is 1. The first-order chi connectivity index (χ1) is 6.61. The fraction of sp³-hybridized carbons (Fsp3) is 0.500. The number of carboxylic acid groups (broad SMARTS) is 1. The predicted octanol–water partition coefficient (Wildman–Crippen LogP) is 0.236. The first kappa shape index (κ1) is 10.9. The van der Waals surface area contributed by atoms with Gasteiger partial charge in [-0.25, -0.2) is 0 Å². The van der Waals surface area contributed by atoms with Crippen LogP contribution in [-0.2, 0) is 27.9 Å². The Balaban J connectivity index is 2.51. The molecule has 0 aliphatic rings. The Labute approximate surface area is 84.2 Å². The van der Waals surface area contributed by atoms with Gasteiger partial charge in [-0.05, 0) is 6.92 Å². The van der Waals surface area contributed by atoms with E-state index in [4.69, 9.17) is 5.11 Å². The standard InChI is InChI=1S/C8H12N2O3S/c1-2-10-4-7(3-9-10)5-14(13)6-8(11)12/h3-4H,2,5-6H2,1H3,(H,11,12). The van der Waals surface area contributed by atoms with E-state index in [1.54, 1.807) is 17.1 Å². The number of carbonyl (C=O) groups is 1. The molecule has 0 bridgehead atoms. The molecular formula is C8H12N2O3S. The molecule has 0 radical (unpaired) electrons. The lowest BCUT2D eigenvalue weighted by atomic mass is 10.4. The van der Waals surface area contributed by atoms with Crippen molar-refractivity contribution in [3.63, 3.8) is 0 Å². The van der Waals surface area contributed by atoms with Crippen molar-refractivity contribution in [2.24, 2.45) is 0 Å². The highest BCUT2D eigenvalue weighted by molar-refractivity contribution is 7.84. The topological polar surface area (TPSA) is 72.2 Å². The zero-order valence-electron chi connectivity index (χ0n) is 7.84. The second kappa shape index (κ2) is 4.90. The van der Waals surface area contributed by atoms with Crippen molar-refractivity contribution in [1.29, 1.82) is 0 Å². The smallest absolute Gasteiger partial charge is 0.316 e. The van der Waals surface area contributed by atoms with Crippen LogP contribution in [0.3, 0.4) is 0 Å². The van der Waals surface area contributed by atoms with Crippen LogP contribution >= 0.6 is 0 Å². The summed E-state index contributed by atoms with van der Waals surface area (Å²) in [5, 5.41) is 12.4. The quantitative estimate of drug-likeness (QED) is 0.765. The lowest BCUT2D eigenvalue weighted by molar-refractivity contribution is -0.133. The fourth-order valence-corrected chi connectivity index (χ4v) is 1.93. The van der Waals surface area contributed by atoms with Gasteiger partial charge in [-0.3, -0.25) is 13.7 Å². The van der Waals surface area contributed by atoms with Gasteiger partial charge >= 0.3 is 5.97 Å². The molecule has 1 aromatic heterocycles. The Bertz CT molecular complexity index is 348. The summed E-state index contributed by atoms with van der Waals surface area (Å²) in [7, 11) is -1.34. The Kier molecular flexibility index (Phi) is 3.82. The summed E-state index contributed by atoms with van der Waals surface area (Å²) in [5.74, 6) is -1.09. The maximum absolute atomic E-state index is 11.2. The molecule has 6 heteroatoms. The average molecular weight is 216 g/mol. The number of hydrogen-bond donors (Lipinski definition) is 1. The van der Waals surface area contributed by atoms with Crippen molar-refractivity contribution in [2.45, 2.75) is 19.2 Å². The number of aromatic nitrogens is 2. The summed E-state index contributed by atoms with van der Waals surface area (Å²) in [6.45, 7) is 2.70. The molecule has 0 spiro atoms. The predicted molar refractivity (Wildman–Crippen MR) is 52.3 cm³/mol. The summed E-state index contributed by atoms with van der Waals surface area (Å²) in [4.78, 5) is 10.2. The molecule has 0 amide bonds. The number of carboxylic acids is 1. The molecule has 1 heterocycles. The van der Waals surface area contributed by atoms with Gasteiger partial charge in [0.2, 0.25) is 0 Å². The summed E-state index contributed by atoms with van der Waals surface area (Å²) in [6, 6.07) is 0. The highest BCUT2D eigenvalue weighted by atomic mass is 32.2. The number of nitrogens with zero attached hydrogens (tertiary/aromatic N) is 2. The first-order valence-electron chi connectivity index (χ1n) is 4.20. The molecule has 14 heavy (non-hydrogen) atoms. The largest absolute Gasteiger partial charge is 0.481 e. The molecular weight excluding hydrogens is 204 g/mol. The molecule has 0 fully saturated rings. The van der Waals surface area contributed by atoms with Crippen molar-refractivity contribution in [2.75, 3.05) is 5.75 Å². The zero-order chi connectivity index (χ0) is 10.6. The van der Waals surface area contributed by atoms with Gasteiger partial charge in [0.1, 0.15) is 5.75 Å². The van der Waals surface area contributed by atoms with Crippen molar-refractivity contribution in [3.05, 3.63) is 18.0 Å². The van der Waals surface area contributed by atoms with E-state index in [-0.39, 0.29) is 11.5 Å². The average Bonchev–Trinajstić information content (AvgIpc) is 2.50. The van der Waals surface area contributed by atoms with Crippen molar-refractivity contribution in [3.8, 4) is 0 Å². The van der Waals surface area contributed by atoms with E-state index >= 15 is 0 Å². The van der Waals surface area contributed by atoms with Crippen molar-refractivity contribution in [1.82, 2.24) is 9.78 Å². The Morgan fingerprint density at radius 2 is 2.43 bits per heavy atom. The second-order valence-corrected chi connectivity index (χ2v) is 4.28. The minimum absolute atomic E-state index is 0.256. The SMILES string of the molecule is CCn1cc(CS(=O)CC(=O)O)cn1. The minimum atomic E-state index is -1.34. The van der Waals surface area contributed by atoms with E-state index in [9.17, 15) is 9.00 Å². The molecule has 1 aromatic rings. The van der Waals surface area contributed by atoms with Gasteiger partial charge in [-0.15, -0.1) is 0 Å².